The van der Waals surface area contributed by atoms with Crippen molar-refractivity contribution in [1.82, 2.24) is 4.81 Å². The molecule has 0 aromatic heterocycles. The van der Waals surface area contributed by atoms with Gasteiger partial charge in [0.15, 0.2) is 7.98 Å². The van der Waals surface area contributed by atoms with Crippen molar-refractivity contribution < 1.29 is 4.79 Å². The quantitative estimate of drug-likeness (QED) is 0.444. The predicted octanol–water partition coefficient (Wildman–Crippen LogP) is 0.266. The molecule has 0 spiro atoms. The lowest BCUT2D eigenvalue weighted by Gasteiger charge is -2.30. The molecule has 2 aliphatic heterocycles. The van der Waals surface area contributed by atoms with Crippen molar-refractivity contribution in [3.05, 3.63) is 0 Å². The Hall–Kier alpha value is -0.305. The van der Waals surface area contributed by atoms with Gasteiger partial charge in [0.1, 0.15) is 5.78 Å². The average molecular weight is 135 g/mol. The van der Waals surface area contributed by atoms with Gasteiger partial charge in [-0.05, 0) is 12.8 Å². The molecule has 52 valence electrons. The number of fused-ring (bicyclic) bond motifs is 2. The van der Waals surface area contributed by atoms with Crippen LogP contribution in [-0.2, 0) is 4.79 Å². The first-order valence-corrected chi connectivity index (χ1v) is 3.82. The SMILES string of the molecule is [B]N1C2CCC1CC(=O)C2. The minimum atomic E-state index is 0.367. The first kappa shape index (κ1) is 6.41. The lowest BCUT2D eigenvalue weighted by atomic mass is 9.98. The first-order valence-electron chi connectivity index (χ1n) is 3.82. The Morgan fingerprint density at radius 2 is 1.80 bits per heavy atom. The maximum Gasteiger partial charge on any atom is 0.183 e. The summed E-state index contributed by atoms with van der Waals surface area (Å²) < 4.78 is 0. The fourth-order valence-corrected chi connectivity index (χ4v) is 2.00. The minimum absolute atomic E-state index is 0.367. The number of nitrogens with zero attached hydrogens (tertiary/aromatic N) is 1. The van der Waals surface area contributed by atoms with E-state index in [4.69, 9.17) is 7.98 Å². The smallest absolute Gasteiger partial charge is 0.183 e. The summed E-state index contributed by atoms with van der Waals surface area (Å²) >= 11 is 0. The summed E-state index contributed by atoms with van der Waals surface area (Å²) in [6.45, 7) is 0. The van der Waals surface area contributed by atoms with Gasteiger partial charge in [-0.3, -0.25) is 4.79 Å². The Morgan fingerprint density at radius 1 is 1.30 bits per heavy atom. The summed E-state index contributed by atoms with van der Waals surface area (Å²) in [5, 5.41) is 0. The molecule has 0 aromatic rings. The molecule has 10 heavy (non-hydrogen) atoms. The largest absolute Gasteiger partial charge is 0.348 e. The van der Waals surface area contributed by atoms with E-state index in [1.54, 1.807) is 0 Å². The molecule has 0 aromatic carbocycles. The molecule has 2 aliphatic rings. The molecule has 0 aliphatic carbocycles. The summed E-state index contributed by atoms with van der Waals surface area (Å²) in [4.78, 5) is 12.9. The number of piperidine rings is 1. The van der Waals surface area contributed by atoms with E-state index in [-0.39, 0.29) is 0 Å². The van der Waals surface area contributed by atoms with E-state index in [9.17, 15) is 4.79 Å². The van der Waals surface area contributed by atoms with Crippen molar-refractivity contribution >= 4 is 13.8 Å². The Labute approximate surface area is 62.0 Å². The fraction of sp³-hybridized carbons (Fsp3) is 0.857. The molecular weight excluding hydrogens is 125 g/mol. The van der Waals surface area contributed by atoms with Gasteiger partial charge in [-0.1, -0.05) is 0 Å². The van der Waals surface area contributed by atoms with Crippen molar-refractivity contribution in [2.24, 2.45) is 0 Å². The van der Waals surface area contributed by atoms with Gasteiger partial charge in [0.2, 0.25) is 0 Å². The maximum atomic E-state index is 11.0. The number of hydrogen-bond acceptors (Lipinski definition) is 2. The van der Waals surface area contributed by atoms with Crippen LogP contribution in [0.4, 0.5) is 0 Å². The lowest BCUT2D eigenvalue weighted by molar-refractivity contribution is -0.122. The van der Waals surface area contributed by atoms with Gasteiger partial charge in [-0.25, -0.2) is 0 Å². The van der Waals surface area contributed by atoms with Crippen LogP contribution in [-0.4, -0.2) is 30.7 Å². The number of rotatable bonds is 0. The van der Waals surface area contributed by atoms with Crippen LogP contribution in [0, 0.1) is 0 Å². The Balaban J connectivity index is 2.16. The zero-order valence-corrected chi connectivity index (χ0v) is 5.92. The molecule has 3 heteroatoms. The van der Waals surface area contributed by atoms with Gasteiger partial charge in [0.25, 0.3) is 0 Å². The number of hydrogen-bond donors (Lipinski definition) is 0. The average Bonchev–Trinajstić information content (AvgIpc) is 2.20. The van der Waals surface area contributed by atoms with E-state index in [2.05, 4.69) is 0 Å². The second kappa shape index (κ2) is 2.09. The van der Waals surface area contributed by atoms with Crippen molar-refractivity contribution in [3.63, 3.8) is 0 Å². The molecule has 0 amide bonds. The van der Waals surface area contributed by atoms with E-state index >= 15 is 0 Å². The summed E-state index contributed by atoms with van der Waals surface area (Å²) in [6.07, 6.45) is 3.61. The second-order valence-corrected chi connectivity index (χ2v) is 3.28. The van der Waals surface area contributed by atoms with Crippen LogP contribution >= 0.6 is 0 Å². The topological polar surface area (TPSA) is 20.3 Å². The molecule has 2 bridgehead atoms. The fourth-order valence-electron chi connectivity index (χ4n) is 2.00. The monoisotopic (exact) mass is 135 g/mol. The van der Waals surface area contributed by atoms with Crippen molar-refractivity contribution in [2.75, 3.05) is 0 Å². The van der Waals surface area contributed by atoms with Crippen LogP contribution in [0.1, 0.15) is 25.7 Å². The van der Waals surface area contributed by atoms with E-state index in [0.717, 1.165) is 12.8 Å². The van der Waals surface area contributed by atoms with Crippen LogP contribution < -0.4 is 0 Å². The molecule has 0 saturated carbocycles. The number of carbonyl (C=O) groups excluding carboxylic acids is 1. The van der Waals surface area contributed by atoms with Crippen LogP contribution in [0.15, 0.2) is 0 Å². The zero-order valence-electron chi connectivity index (χ0n) is 5.92. The Kier molecular flexibility index (Phi) is 1.34. The maximum absolute atomic E-state index is 11.0. The summed E-state index contributed by atoms with van der Waals surface area (Å²) in [6, 6.07) is 0.734. The van der Waals surface area contributed by atoms with Crippen molar-refractivity contribution in [1.29, 1.82) is 0 Å². The van der Waals surface area contributed by atoms with Gasteiger partial charge < -0.3 is 4.81 Å². The highest BCUT2D eigenvalue weighted by molar-refractivity contribution is 6.06. The molecule has 2 unspecified atom stereocenters. The zero-order chi connectivity index (χ0) is 7.14. The molecule has 2 heterocycles. The predicted molar refractivity (Wildman–Crippen MR) is 38.6 cm³/mol. The van der Waals surface area contributed by atoms with E-state index in [1.807, 2.05) is 4.81 Å². The third-order valence-corrected chi connectivity index (χ3v) is 2.60. The summed E-state index contributed by atoms with van der Waals surface area (Å²) in [5.74, 6) is 0.397. The molecule has 2 nitrogen and oxygen atoms in total. The number of Topliss-reactive ketones (excluding diaryl/α,β-unsaturated/α-hetero) is 1. The molecular formula is C7H10BNO. The highest BCUT2D eigenvalue weighted by Gasteiger charge is 2.36. The molecule has 2 radical (unpaired) electrons. The highest BCUT2D eigenvalue weighted by atomic mass is 16.1. The Bertz CT molecular complexity index is 155. The standard InChI is InChI=1S/C7H10BNO/c8-9-5-1-2-6(9)4-7(10)3-5/h5-6H,1-4H2. The van der Waals surface area contributed by atoms with Crippen LogP contribution in [0.5, 0.6) is 0 Å². The molecule has 2 atom stereocenters. The van der Waals surface area contributed by atoms with Crippen molar-refractivity contribution in [3.8, 4) is 0 Å². The molecule has 0 N–H and O–H groups in total. The first-order chi connectivity index (χ1) is 4.77. The van der Waals surface area contributed by atoms with Gasteiger partial charge in [-0.2, -0.15) is 0 Å². The highest BCUT2D eigenvalue weighted by Crippen LogP contribution is 2.31. The van der Waals surface area contributed by atoms with E-state index < -0.39 is 0 Å². The van der Waals surface area contributed by atoms with Gasteiger partial charge in [0.05, 0.1) is 0 Å². The normalized spacial score (nSPS) is 40.6. The number of carbonyl (C=O) groups is 1. The summed E-state index contributed by atoms with van der Waals surface area (Å²) in [5.41, 5.74) is 0. The third-order valence-electron chi connectivity index (χ3n) is 2.60. The molecule has 2 rings (SSSR count). The molecule has 2 fully saturated rings. The van der Waals surface area contributed by atoms with E-state index in [1.165, 1.54) is 0 Å². The lowest BCUT2D eigenvalue weighted by Crippen LogP contribution is -2.41. The number of ketones is 1. The van der Waals surface area contributed by atoms with Gasteiger partial charge in [-0.15, -0.1) is 0 Å². The van der Waals surface area contributed by atoms with Crippen LogP contribution in [0.25, 0.3) is 0 Å². The van der Waals surface area contributed by atoms with E-state index in [0.29, 0.717) is 30.7 Å². The van der Waals surface area contributed by atoms with Crippen LogP contribution in [0.2, 0.25) is 0 Å². The summed E-state index contributed by atoms with van der Waals surface area (Å²) in [7, 11) is 5.73. The minimum Gasteiger partial charge on any atom is -0.348 e. The third kappa shape index (κ3) is 0.805. The van der Waals surface area contributed by atoms with Gasteiger partial charge in [0, 0.05) is 24.9 Å². The van der Waals surface area contributed by atoms with Crippen molar-refractivity contribution in [2.45, 2.75) is 37.8 Å². The Morgan fingerprint density at radius 3 is 2.30 bits per heavy atom. The van der Waals surface area contributed by atoms with Crippen LogP contribution in [0.3, 0.4) is 0 Å². The molecule has 2 saturated heterocycles. The van der Waals surface area contributed by atoms with Gasteiger partial charge >= 0.3 is 0 Å². The second-order valence-electron chi connectivity index (χ2n) is 3.28.